The SMILES string of the molecule is CNc1nccnc1[C@@H]1CN(C(=O)c2ccc3n[nH]nc3c2)CCO1. The highest BCUT2D eigenvalue weighted by atomic mass is 16.5. The molecular weight excluding hydrogens is 322 g/mol. The van der Waals surface area contributed by atoms with E-state index in [-0.39, 0.29) is 12.0 Å². The van der Waals surface area contributed by atoms with Gasteiger partial charge in [0, 0.05) is 31.5 Å². The summed E-state index contributed by atoms with van der Waals surface area (Å²) in [5.41, 5.74) is 2.68. The van der Waals surface area contributed by atoms with Gasteiger partial charge in [-0.3, -0.25) is 9.78 Å². The third-order valence-corrected chi connectivity index (χ3v) is 4.19. The Kier molecular flexibility index (Phi) is 3.98. The molecule has 3 heterocycles. The van der Waals surface area contributed by atoms with E-state index in [1.807, 2.05) is 0 Å². The van der Waals surface area contributed by atoms with Crippen LogP contribution in [0.2, 0.25) is 0 Å². The maximum Gasteiger partial charge on any atom is 0.254 e. The van der Waals surface area contributed by atoms with E-state index in [1.165, 1.54) is 0 Å². The van der Waals surface area contributed by atoms with Gasteiger partial charge in [0.1, 0.15) is 28.6 Å². The Morgan fingerprint density at radius 3 is 3.00 bits per heavy atom. The van der Waals surface area contributed by atoms with Crippen LogP contribution in [0.4, 0.5) is 5.82 Å². The van der Waals surface area contributed by atoms with Crippen molar-refractivity contribution in [2.24, 2.45) is 0 Å². The summed E-state index contributed by atoms with van der Waals surface area (Å²) in [6, 6.07) is 5.29. The Hall–Kier alpha value is -3.07. The van der Waals surface area contributed by atoms with E-state index in [9.17, 15) is 4.79 Å². The molecule has 3 aromatic rings. The summed E-state index contributed by atoms with van der Waals surface area (Å²) in [4.78, 5) is 23.2. The van der Waals surface area contributed by atoms with Gasteiger partial charge in [-0.25, -0.2) is 4.98 Å². The van der Waals surface area contributed by atoms with Crippen LogP contribution < -0.4 is 5.32 Å². The molecule has 1 atom stereocenters. The van der Waals surface area contributed by atoms with Crippen LogP contribution in [0, 0.1) is 0 Å². The minimum absolute atomic E-state index is 0.0619. The quantitative estimate of drug-likeness (QED) is 0.733. The number of rotatable bonds is 3. The van der Waals surface area contributed by atoms with Gasteiger partial charge in [0.15, 0.2) is 0 Å². The zero-order valence-electron chi connectivity index (χ0n) is 13.6. The zero-order chi connectivity index (χ0) is 17.2. The highest BCUT2D eigenvalue weighted by Gasteiger charge is 2.29. The second-order valence-corrected chi connectivity index (χ2v) is 5.68. The number of morpholine rings is 1. The van der Waals surface area contributed by atoms with Crippen molar-refractivity contribution in [1.82, 2.24) is 30.3 Å². The first-order valence-electron chi connectivity index (χ1n) is 7.96. The fourth-order valence-corrected chi connectivity index (χ4v) is 2.93. The Labute approximate surface area is 143 Å². The number of nitrogens with one attached hydrogen (secondary N) is 2. The summed E-state index contributed by atoms with van der Waals surface area (Å²) < 4.78 is 5.82. The molecule has 4 rings (SSSR count). The Morgan fingerprint density at radius 2 is 2.12 bits per heavy atom. The lowest BCUT2D eigenvalue weighted by Gasteiger charge is -2.33. The number of ether oxygens (including phenoxy) is 1. The molecule has 2 aromatic heterocycles. The van der Waals surface area contributed by atoms with Gasteiger partial charge in [-0.15, -0.1) is 0 Å². The first-order chi connectivity index (χ1) is 12.3. The normalized spacial score (nSPS) is 17.6. The van der Waals surface area contributed by atoms with Gasteiger partial charge in [-0.2, -0.15) is 15.4 Å². The fraction of sp³-hybridized carbons (Fsp3) is 0.312. The molecule has 25 heavy (non-hydrogen) atoms. The average Bonchev–Trinajstić information content (AvgIpc) is 3.15. The van der Waals surface area contributed by atoms with Crippen molar-refractivity contribution in [3.05, 3.63) is 41.9 Å². The smallest absolute Gasteiger partial charge is 0.254 e. The third-order valence-electron chi connectivity index (χ3n) is 4.19. The second-order valence-electron chi connectivity index (χ2n) is 5.68. The summed E-state index contributed by atoms with van der Waals surface area (Å²) in [7, 11) is 1.78. The molecule has 1 saturated heterocycles. The molecule has 128 valence electrons. The molecule has 1 fully saturated rings. The highest BCUT2D eigenvalue weighted by molar-refractivity contribution is 5.97. The van der Waals surface area contributed by atoms with E-state index >= 15 is 0 Å². The average molecular weight is 339 g/mol. The number of H-pyrrole nitrogens is 1. The monoisotopic (exact) mass is 339 g/mol. The fourth-order valence-electron chi connectivity index (χ4n) is 2.93. The molecule has 0 radical (unpaired) electrons. The van der Waals surface area contributed by atoms with Crippen LogP contribution in [0.25, 0.3) is 11.0 Å². The zero-order valence-corrected chi connectivity index (χ0v) is 13.6. The number of carbonyl (C=O) groups is 1. The molecular formula is C16H17N7O2. The molecule has 0 aliphatic carbocycles. The molecule has 1 amide bonds. The van der Waals surface area contributed by atoms with Gasteiger partial charge in [0.05, 0.1) is 13.2 Å². The molecule has 1 aliphatic rings. The number of carbonyl (C=O) groups excluding carboxylic acids is 1. The number of aromatic nitrogens is 5. The highest BCUT2D eigenvalue weighted by Crippen LogP contribution is 2.26. The topological polar surface area (TPSA) is 109 Å². The minimum Gasteiger partial charge on any atom is -0.372 e. The van der Waals surface area contributed by atoms with Gasteiger partial charge in [-0.05, 0) is 18.2 Å². The second kappa shape index (κ2) is 6.44. The van der Waals surface area contributed by atoms with Crippen LogP contribution in [0.15, 0.2) is 30.6 Å². The van der Waals surface area contributed by atoms with Crippen LogP contribution in [0.1, 0.15) is 22.2 Å². The van der Waals surface area contributed by atoms with Crippen LogP contribution in [-0.4, -0.2) is 62.9 Å². The Balaban J connectivity index is 1.57. The number of aromatic amines is 1. The van der Waals surface area contributed by atoms with E-state index in [0.29, 0.717) is 42.3 Å². The summed E-state index contributed by atoms with van der Waals surface area (Å²) in [6.07, 6.45) is 2.93. The van der Waals surface area contributed by atoms with E-state index in [2.05, 4.69) is 30.7 Å². The summed E-state index contributed by atoms with van der Waals surface area (Å²) in [6.45, 7) is 1.40. The lowest BCUT2D eigenvalue weighted by molar-refractivity contribution is -0.0245. The molecule has 9 heteroatoms. The van der Waals surface area contributed by atoms with Gasteiger partial charge in [0.2, 0.25) is 0 Å². The van der Waals surface area contributed by atoms with E-state index in [4.69, 9.17) is 4.74 Å². The van der Waals surface area contributed by atoms with Crippen molar-refractivity contribution < 1.29 is 9.53 Å². The maximum atomic E-state index is 12.9. The molecule has 0 saturated carbocycles. The van der Waals surface area contributed by atoms with Crippen LogP contribution in [0.3, 0.4) is 0 Å². The molecule has 0 bridgehead atoms. The van der Waals surface area contributed by atoms with E-state index < -0.39 is 0 Å². The molecule has 1 aliphatic heterocycles. The lowest BCUT2D eigenvalue weighted by atomic mass is 10.1. The van der Waals surface area contributed by atoms with Crippen molar-refractivity contribution in [2.45, 2.75) is 6.10 Å². The molecule has 2 N–H and O–H groups in total. The number of hydrogen-bond donors (Lipinski definition) is 2. The first-order valence-corrected chi connectivity index (χ1v) is 7.96. The number of anilines is 1. The van der Waals surface area contributed by atoms with Gasteiger partial charge >= 0.3 is 0 Å². The number of fused-ring (bicyclic) bond motifs is 1. The van der Waals surface area contributed by atoms with Gasteiger partial charge < -0.3 is 15.0 Å². The van der Waals surface area contributed by atoms with E-state index in [0.717, 1.165) is 5.52 Å². The number of hydrogen-bond acceptors (Lipinski definition) is 7. The van der Waals surface area contributed by atoms with Crippen molar-refractivity contribution in [2.75, 3.05) is 32.1 Å². The Morgan fingerprint density at radius 1 is 1.28 bits per heavy atom. The van der Waals surface area contributed by atoms with Crippen LogP contribution >= 0.6 is 0 Å². The number of amides is 1. The molecule has 0 unspecified atom stereocenters. The maximum absolute atomic E-state index is 12.9. The summed E-state index contributed by atoms with van der Waals surface area (Å²) in [5.74, 6) is 0.596. The predicted octanol–water partition coefficient (Wildman–Crippen LogP) is 1.00. The van der Waals surface area contributed by atoms with Crippen molar-refractivity contribution >= 4 is 22.8 Å². The molecule has 9 nitrogen and oxygen atoms in total. The van der Waals surface area contributed by atoms with Crippen molar-refractivity contribution in [3.8, 4) is 0 Å². The summed E-state index contributed by atoms with van der Waals surface area (Å²) >= 11 is 0. The van der Waals surface area contributed by atoms with Crippen molar-refractivity contribution in [1.29, 1.82) is 0 Å². The number of nitrogens with zero attached hydrogens (tertiary/aromatic N) is 5. The summed E-state index contributed by atoms with van der Waals surface area (Å²) in [5, 5.41) is 13.6. The standard InChI is InChI=1S/C16H17N7O2/c1-17-15-14(18-4-5-19-15)13-9-23(6-7-25-13)16(24)10-2-3-11-12(8-10)21-22-20-11/h2-5,8,13H,6-7,9H2,1H3,(H,17,19)(H,20,21,22)/t13-/m0/s1. The minimum atomic E-state index is -0.315. The van der Waals surface area contributed by atoms with Crippen LogP contribution in [0.5, 0.6) is 0 Å². The van der Waals surface area contributed by atoms with Crippen molar-refractivity contribution in [3.63, 3.8) is 0 Å². The van der Waals surface area contributed by atoms with Gasteiger partial charge in [-0.1, -0.05) is 0 Å². The van der Waals surface area contributed by atoms with Gasteiger partial charge in [0.25, 0.3) is 5.91 Å². The largest absolute Gasteiger partial charge is 0.372 e. The predicted molar refractivity (Wildman–Crippen MR) is 90.1 cm³/mol. The van der Waals surface area contributed by atoms with E-state index in [1.54, 1.807) is 42.5 Å². The van der Waals surface area contributed by atoms with Crippen LogP contribution in [-0.2, 0) is 4.74 Å². The first kappa shape index (κ1) is 15.5. The Bertz CT molecular complexity index is 910. The lowest BCUT2D eigenvalue weighted by Crippen LogP contribution is -2.42. The third kappa shape index (κ3) is 2.89. The molecule has 1 aromatic carbocycles. The molecule has 0 spiro atoms. The number of benzene rings is 1.